The fourth-order valence-corrected chi connectivity index (χ4v) is 3.42. The second-order valence-corrected chi connectivity index (χ2v) is 7.20. The number of carboxylic acids is 1. The van der Waals surface area contributed by atoms with Crippen molar-refractivity contribution in [2.75, 3.05) is 0 Å². The van der Waals surface area contributed by atoms with Gasteiger partial charge in [0.05, 0.1) is 0 Å². The summed E-state index contributed by atoms with van der Waals surface area (Å²) in [5.74, 6) is -1.59. The molecule has 3 rings (SSSR count). The van der Waals surface area contributed by atoms with Crippen molar-refractivity contribution in [2.45, 2.75) is 22.5 Å². The van der Waals surface area contributed by atoms with E-state index in [9.17, 15) is 23.1 Å². The Labute approximate surface area is 156 Å². The van der Waals surface area contributed by atoms with E-state index in [2.05, 4.69) is 4.74 Å². The van der Waals surface area contributed by atoms with Gasteiger partial charge in [0.15, 0.2) is 11.5 Å². The van der Waals surface area contributed by atoms with Crippen LogP contribution in [0.1, 0.15) is 12.0 Å². The first-order valence-corrected chi connectivity index (χ1v) is 8.05. The number of ether oxygens (including phenoxy) is 2. The number of rotatable bonds is 5. The summed E-state index contributed by atoms with van der Waals surface area (Å²) >= 11 is 12.0. The second kappa shape index (κ2) is 6.25. The van der Waals surface area contributed by atoms with Crippen LogP contribution in [-0.4, -0.2) is 21.8 Å². The molecule has 0 radical (unpaired) electrons. The molecule has 1 saturated carbocycles. The Hall–Kier alpha value is -2.12. The minimum absolute atomic E-state index is 0.0565. The van der Waals surface area contributed by atoms with Crippen molar-refractivity contribution in [3.05, 3.63) is 54.1 Å². The Bertz CT molecular complexity index is 837. The maximum Gasteiger partial charge on any atom is 0.573 e. The Kier molecular flexibility index (Phi) is 4.48. The lowest BCUT2D eigenvalue weighted by Crippen LogP contribution is -2.26. The smallest absolute Gasteiger partial charge is 0.480 e. The van der Waals surface area contributed by atoms with E-state index in [1.807, 2.05) is 0 Å². The lowest BCUT2D eigenvalue weighted by molar-refractivity contribution is -0.275. The summed E-state index contributed by atoms with van der Waals surface area (Å²) in [6.07, 6.45) is -4.80. The van der Waals surface area contributed by atoms with Gasteiger partial charge >= 0.3 is 12.3 Å². The Morgan fingerprint density at radius 3 is 2.04 bits per heavy atom. The molecule has 0 heterocycles. The van der Waals surface area contributed by atoms with Crippen LogP contribution in [0.15, 0.2) is 48.5 Å². The van der Waals surface area contributed by atoms with Gasteiger partial charge in [-0.05, 0) is 29.8 Å². The lowest BCUT2D eigenvalue weighted by Gasteiger charge is -2.16. The number of halogens is 5. The molecule has 0 aliphatic heterocycles. The average Bonchev–Trinajstić information content (AvgIpc) is 3.13. The molecule has 0 amide bonds. The second-order valence-electron chi connectivity index (χ2n) is 5.71. The fraction of sp³-hybridized carbons (Fsp3) is 0.235. The van der Waals surface area contributed by atoms with Crippen LogP contribution in [0.3, 0.4) is 0 Å². The quantitative estimate of drug-likeness (QED) is 0.686. The zero-order valence-corrected chi connectivity index (χ0v) is 14.4. The summed E-state index contributed by atoms with van der Waals surface area (Å²) in [5.41, 5.74) is -1.03. The molecule has 1 atom stereocenters. The number of benzene rings is 2. The predicted octanol–water partition coefficient (Wildman–Crippen LogP) is 5.28. The minimum atomic E-state index is -4.85. The van der Waals surface area contributed by atoms with Crippen LogP contribution in [0.25, 0.3) is 0 Å². The van der Waals surface area contributed by atoms with Gasteiger partial charge in [0, 0.05) is 6.42 Å². The molecule has 0 bridgehead atoms. The highest BCUT2D eigenvalue weighted by molar-refractivity contribution is 6.54. The van der Waals surface area contributed by atoms with E-state index in [1.54, 1.807) is 0 Å². The van der Waals surface area contributed by atoms with Crippen LogP contribution < -0.4 is 9.47 Å². The maximum absolute atomic E-state index is 12.4. The number of hydrogen-bond donors (Lipinski definition) is 1. The average molecular weight is 407 g/mol. The molecule has 2 aromatic rings. The third-order valence-corrected chi connectivity index (χ3v) is 4.91. The highest BCUT2D eigenvalue weighted by Gasteiger charge is 2.72. The summed E-state index contributed by atoms with van der Waals surface area (Å²) in [6, 6.07) is 11.1. The van der Waals surface area contributed by atoms with E-state index in [-0.39, 0.29) is 17.9 Å². The van der Waals surface area contributed by atoms with E-state index in [0.29, 0.717) is 5.56 Å². The van der Waals surface area contributed by atoms with Crippen molar-refractivity contribution in [1.29, 1.82) is 0 Å². The fourth-order valence-electron chi connectivity index (χ4n) is 2.64. The largest absolute Gasteiger partial charge is 0.573 e. The van der Waals surface area contributed by atoms with Crippen LogP contribution in [0.4, 0.5) is 13.2 Å². The normalized spacial score (nSPS) is 21.1. The van der Waals surface area contributed by atoms with Crippen molar-refractivity contribution in [3.63, 3.8) is 0 Å². The van der Waals surface area contributed by atoms with Gasteiger partial charge < -0.3 is 14.6 Å². The monoisotopic (exact) mass is 406 g/mol. The van der Waals surface area contributed by atoms with Gasteiger partial charge in [-0.25, -0.2) is 0 Å². The molecule has 1 aliphatic rings. The zero-order chi connectivity index (χ0) is 19.2. The van der Waals surface area contributed by atoms with Crippen molar-refractivity contribution in [2.24, 2.45) is 0 Å². The summed E-state index contributed by atoms with van der Waals surface area (Å²) < 4.78 is 45.2. The van der Waals surface area contributed by atoms with Gasteiger partial charge in [-0.3, -0.25) is 4.79 Å². The molecule has 138 valence electrons. The number of carboxylic acid groups (broad SMARTS) is 1. The van der Waals surface area contributed by atoms with Gasteiger partial charge in [-0.1, -0.05) is 47.5 Å². The van der Waals surface area contributed by atoms with Crippen molar-refractivity contribution >= 4 is 29.2 Å². The molecule has 26 heavy (non-hydrogen) atoms. The molecule has 4 nitrogen and oxygen atoms in total. The SMILES string of the molecule is O=C(O)C1(c2ccc(Oc3ccccc3OC(F)(F)F)cc2)CC1(Cl)Cl. The molecule has 0 aromatic heterocycles. The molecule has 9 heteroatoms. The number of aliphatic carboxylic acids is 1. The van der Waals surface area contributed by atoms with Crippen LogP contribution in [0.2, 0.25) is 0 Å². The third-order valence-electron chi connectivity index (χ3n) is 4.00. The lowest BCUT2D eigenvalue weighted by atomic mass is 9.96. The third kappa shape index (κ3) is 3.41. The molecule has 0 spiro atoms. The molecule has 1 N–H and O–H groups in total. The van der Waals surface area contributed by atoms with E-state index in [0.717, 1.165) is 6.07 Å². The van der Waals surface area contributed by atoms with Crippen molar-refractivity contribution < 1.29 is 32.5 Å². The first-order chi connectivity index (χ1) is 12.1. The topological polar surface area (TPSA) is 55.8 Å². The molecule has 0 saturated heterocycles. The Morgan fingerprint density at radius 1 is 1.04 bits per heavy atom. The van der Waals surface area contributed by atoms with Crippen LogP contribution in [0.5, 0.6) is 17.2 Å². The Morgan fingerprint density at radius 2 is 1.58 bits per heavy atom. The minimum Gasteiger partial charge on any atom is -0.480 e. The van der Waals surface area contributed by atoms with Crippen molar-refractivity contribution in [3.8, 4) is 17.2 Å². The zero-order valence-electron chi connectivity index (χ0n) is 12.9. The highest BCUT2D eigenvalue weighted by Crippen LogP contribution is 2.65. The maximum atomic E-state index is 12.4. The van der Waals surface area contributed by atoms with Gasteiger partial charge in [0.2, 0.25) is 0 Å². The van der Waals surface area contributed by atoms with Crippen LogP contribution >= 0.6 is 23.2 Å². The van der Waals surface area contributed by atoms with Crippen LogP contribution in [-0.2, 0) is 10.2 Å². The van der Waals surface area contributed by atoms with Gasteiger partial charge in [0.25, 0.3) is 0 Å². The molecule has 1 aliphatic carbocycles. The number of carbonyl (C=O) groups is 1. The molecule has 1 unspecified atom stereocenters. The van der Waals surface area contributed by atoms with E-state index in [4.69, 9.17) is 27.9 Å². The first-order valence-electron chi connectivity index (χ1n) is 7.29. The number of para-hydroxylation sites is 2. The van der Waals surface area contributed by atoms with E-state index >= 15 is 0 Å². The summed E-state index contributed by atoms with van der Waals surface area (Å²) in [5, 5.41) is 9.42. The highest BCUT2D eigenvalue weighted by atomic mass is 35.5. The van der Waals surface area contributed by atoms with E-state index < -0.39 is 27.8 Å². The van der Waals surface area contributed by atoms with Gasteiger partial charge in [-0.2, -0.15) is 0 Å². The number of hydrogen-bond acceptors (Lipinski definition) is 3. The summed E-state index contributed by atoms with van der Waals surface area (Å²) in [6.45, 7) is 0. The summed E-state index contributed by atoms with van der Waals surface area (Å²) in [4.78, 5) is 11.5. The van der Waals surface area contributed by atoms with Gasteiger partial charge in [-0.15, -0.1) is 13.2 Å². The number of alkyl halides is 5. The van der Waals surface area contributed by atoms with E-state index in [1.165, 1.54) is 42.5 Å². The van der Waals surface area contributed by atoms with Gasteiger partial charge in [0.1, 0.15) is 15.5 Å². The molecule has 1 fully saturated rings. The first kappa shape index (κ1) is 18.7. The molecule has 2 aromatic carbocycles. The molecular formula is C17H11Cl2F3O4. The Balaban J connectivity index is 1.83. The summed E-state index contributed by atoms with van der Waals surface area (Å²) in [7, 11) is 0. The van der Waals surface area contributed by atoms with Crippen LogP contribution in [0, 0.1) is 0 Å². The predicted molar refractivity (Wildman–Crippen MR) is 88.0 cm³/mol. The van der Waals surface area contributed by atoms with Crippen molar-refractivity contribution in [1.82, 2.24) is 0 Å². The standard InChI is InChI=1S/C17H11Cl2F3O4/c18-16(19)9-15(16,14(23)24)10-5-7-11(8-6-10)25-12-3-1-2-4-13(12)26-17(20,21)22/h1-8H,9H2,(H,23,24). The molecular weight excluding hydrogens is 396 g/mol.